The van der Waals surface area contributed by atoms with Crippen LogP contribution in [0.3, 0.4) is 0 Å². The molecular weight excluding hydrogens is 560 g/mol. The lowest BCUT2D eigenvalue weighted by Gasteiger charge is -2.37. The minimum Gasteiger partial charge on any atom is -0.336 e. The topological polar surface area (TPSA) is 84.2 Å². The van der Waals surface area contributed by atoms with Crippen molar-refractivity contribution in [3.8, 4) is 11.3 Å². The number of hydrogen-bond acceptors (Lipinski definition) is 5. The lowest BCUT2D eigenvalue weighted by Crippen LogP contribution is -2.52. The summed E-state index contributed by atoms with van der Waals surface area (Å²) in [5.74, 6) is -0.291. The van der Waals surface area contributed by atoms with E-state index in [9.17, 15) is 9.59 Å². The zero-order valence-corrected chi connectivity index (χ0v) is 25.6. The normalized spacial score (nSPS) is 13.4. The first kappa shape index (κ1) is 29.7. The van der Waals surface area contributed by atoms with E-state index in [-0.39, 0.29) is 18.4 Å². The standard InChI is InChI=1S/C37H36N6O2/c1-27-23-33(41(2)40-27)18-19-36(44)43(25-29-14-16-31(17-15-29)34-13-8-21-38-39-34)35(24-28-9-4-3-5-10-28)37(45)42-22-20-30-11-6-7-12-32(30)26-42/h3-19,21,23,35H,20,22,24-26H2,1-2H3. The average Bonchev–Trinajstić information content (AvgIpc) is 3.41. The molecule has 0 bridgehead atoms. The van der Waals surface area contributed by atoms with E-state index in [1.165, 1.54) is 5.56 Å². The van der Waals surface area contributed by atoms with Crippen molar-refractivity contribution in [2.75, 3.05) is 6.54 Å². The van der Waals surface area contributed by atoms with Crippen LogP contribution in [0.4, 0.5) is 0 Å². The summed E-state index contributed by atoms with van der Waals surface area (Å²) < 4.78 is 1.74. The number of fused-ring (bicyclic) bond motifs is 1. The van der Waals surface area contributed by atoms with Gasteiger partial charge >= 0.3 is 0 Å². The number of hydrogen-bond donors (Lipinski definition) is 0. The Balaban J connectivity index is 1.35. The molecule has 1 aliphatic heterocycles. The highest BCUT2D eigenvalue weighted by molar-refractivity contribution is 5.95. The van der Waals surface area contributed by atoms with Crippen LogP contribution in [0.1, 0.15) is 33.6 Å². The van der Waals surface area contributed by atoms with Crippen LogP contribution >= 0.6 is 0 Å². The van der Waals surface area contributed by atoms with Gasteiger partial charge in [-0.05, 0) is 59.9 Å². The second-order valence-electron chi connectivity index (χ2n) is 11.4. The molecule has 6 rings (SSSR count). The van der Waals surface area contributed by atoms with Crippen molar-refractivity contribution in [2.24, 2.45) is 7.05 Å². The molecule has 2 aromatic heterocycles. The van der Waals surface area contributed by atoms with Crippen molar-refractivity contribution in [3.05, 3.63) is 143 Å². The number of aryl methyl sites for hydroxylation is 2. The first-order chi connectivity index (χ1) is 21.9. The zero-order chi connectivity index (χ0) is 31.2. The fourth-order valence-corrected chi connectivity index (χ4v) is 5.88. The number of carbonyl (C=O) groups is 2. The Morgan fingerprint density at radius 2 is 1.67 bits per heavy atom. The molecule has 8 heteroatoms. The highest BCUT2D eigenvalue weighted by atomic mass is 16.2. The van der Waals surface area contributed by atoms with E-state index >= 15 is 0 Å². The highest BCUT2D eigenvalue weighted by Gasteiger charge is 2.34. The van der Waals surface area contributed by atoms with Gasteiger partial charge < -0.3 is 9.80 Å². The molecular formula is C37H36N6O2. The maximum Gasteiger partial charge on any atom is 0.247 e. The highest BCUT2D eigenvalue weighted by Crippen LogP contribution is 2.24. The Morgan fingerprint density at radius 3 is 2.38 bits per heavy atom. The maximum absolute atomic E-state index is 14.5. The molecule has 226 valence electrons. The molecule has 8 nitrogen and oxygen atoms in total. The van der Waals surface area contributed by atoms with E-state index in [2.05, 4.69) is 27.4 Å². The van der Waals surface area contributed by atoms with Gasteiger partial charge in [-0.1, -0.05) is 78.9 Å². The van der Waals surface area contributed by atoms with Crippen molar-refractivity contribution in [2.45, 2.75) is 38.9 Å². The largest absolute Gasteiger partial charge is 0.336 e. The van der Waals surface area contributed by atoms with E-state index in [0.717, 1.165) is 45.8 Å². The number of amides is 2. The third-order valence-corrected chi connectivity index (χ3v) is 8.27. The van der Waals surface area contributed by atoms with Gasteiger partial charge in [-0.15, -0.1) is 0 Å². The van der Waals surface area contributed by atoms with E-state index in [1.807, 2.05) is 104 Å². The van der Waals surface area contributed by atoms with Gasteiger partial charge in [0, 0.05) is 50.9 Å². The Labute approximate surface area is 263 Å². The van der Waals surface area contributed by atoms with Gasteiger partial charge in [0.25, 0.3) is 0 Å². The van der Waals surface area contributed by atoms with E-state index in [0.29, 0.717) is 19.5 Å². The van der Waals surface area contributed by atoms with Crippen molar-refractivity contribution >= 4 is 17.9 Å². The number of benzene rings is 3. The quantitative estimate of drug-likeness (QED) is 0.212. The fraction of sp³-hybridized carbons (Fsp3) is 0.216. The summed E-state index contributed by atoms with van der Waals surface area (Å²) >= 11 is 0. The van der Waals surface area contributed by atoms with E-state index in [1.54, 1.807) is 27.9 Å². The predicted molar refractivity (Wildman–Crippen MR) is 174 cm³/mol. The van der Waals surface area contributed by atoms with Gasteiger partial charge in [-0.3, -0.25) is 14.3 Å². The number of rotatable bonds is 9. The summed E-state index contributed by atoms with van der Waals surface area (Å²) in [7, 11) is 1.85. The van der Waals surface area contributed by atoms with Crippen LogP contribution in [0.2, 0.25) is 0 Å². The minimum absolute atomic E-state index is 0.0531. The smallest absolute Gasteiger partial charge is 0.247 e. The molecule has 0 saturated carbocycles. The Morgan fingerprint density at radius 1 is 0.911 bits per heavy atom. The first-order valence-electron chi connectivity index (χ1n) is 15.2. The average molecular weight is 597 g/mol. The molecule has 3 aromatic carbocycles. The Hall–Kier alpha value is -5.37. The van der Waals surface area contributed by atoms with Crippen molar-refractivity contribution < 1.29 is 9.59 Å². The fourth-order valence-electron chi connectivity index (χ4n) is 5.88. The van der Waals surface area contributed by atoms with Crippen LogP contribution in [-0.4, -0.2) is 54.2 Å². The molecule has 0 N–H and O–H groups in total. The second-order valence-corrected chi connectivity index (χ2v) is 11.4. The lowest BCUT2D eigenvalue weighted by atomic mass is 9.97. The van der Waals surface area contributed by atoms with Crippen molar-refractivity contribution in [1.82, 2.24) is 29.8 Å². The monoisotopic (exact) mass is 596 g/mol. The summed E-state index contributed by atoms with van der Waals surface area (Å²) in [4.78, 5) is 32.3. The summed E-state index contributed by atoms with van der Waals surface area (Å²) in [5.41, 5.74) is 7.71. The van der Waals surface area contributed by atoms with Crippen LogP contribution in [0, 0.1) is 6.92 Å². The van der Waals surface area contributed by atoms with Crippen molar-refractivity contribution in [1.29, 1.82) is 0 Å². The van der Waals surface area contributed by atoms with E-state index in [4.69, 9.17) is 0 Å². The van der Waals surface area contributed by atoms with Crippen LogP contribution < -0.4 is 0 Å². The molecule has 0 aliphatic carbocycles. The molecule has 5 aromatic rings. The molecule has 0 radical (unpaired) electrons. The molecule has 1 atom stereocenters. The van der Waals surface area contributed by atoms with Gasteiger partial charge in [-0.2, -0.15) is 15.3 Å². The Kier molecular flexibility index (Phi) is 8.91. The van der Waals surface area contributed by atoms with E-state index < -0.39 is 6.04 Å². The van der Waals surface area contributed by atoms with Gasteiger partial charge in [0.05, 0.1) is 17.1 Å². The first-order valence-corrected chi connectivity index (χ1v) is 15.2. The summed E-state index contributed by atoms with van der Waals surface area (Å²) in [6.07, 6.45) is 6.17. The maximum atomic E-state index is 14.5. The molecule has 0 fully saturated rings. The molecule has 3 heterocycles. The molecule has 1 aliphatic rings. The van der Waals surface area contributed by atoms with Crippen LogP contribution in [-0.2, 0) is 42.6 Å². The lowest BCUT2D eigenvalue weighted by molar-refractivity contribution is -0.144. The van der Waals surface area contributed by atoms with Crippen LogP contribution in [0.5, 0.6) is 0 Å². The third kappa shape index (κ3) is 7.07. The van der Waals surface area contributed by atoms with Crippen LogP contribution in [0.25, 0.3) is 17.3 Å². The molecule has 45 heavy (non-hydrogen) atoms. The van der Waals surface area contributed by atoms with Crippen LogP contribution in [0.15, 0.2) is 109 Å². The Bertz CT molecular complexity index is 1800. The second kappa shape index (κ2) is 13.5. The SMILES string of the molecule is Cc1cc(C=CC(=O)N(Cc2ccc(-c3cccnn3)cc2)C(Cc2ccccc2)C(=O)N2CCc3ccccc3C2)n(C)n1. The molecule has 0 spiro atoms. The third-order valence-electron chi connectivity index (χ3n) is 8.27. The van der Waals surface area contributed by atoms with Gasteiger partial charge in [-0.25, -0.2) is 0 Å². The van der Waals surface area contributed by atoms with Crippen molar-refractivity contribution in [3.63, 3.8) is 0 Å². The summed E-state index contributed by atoms with van der Waals surface area (Å²) in [5, 5.41) is 12.6. The predicted octanol–water partition coefficient (Wildman–Crippen LogP) is 5.42. The number of aromatic nitrogens is 4. The summed E-state index contributed by atoms with van der Waals surface area (Å²) in [6.45, 7) is 3.32. The minimum atomic E-state index is -0.706. The van der Waals surface area contributed by atoms with Gasteiger partial charge in [0.15, 0.2) is 0 Å². The zero-order valence-electron chi connectivity index (χ0n) is 25.6. The van der Waals surface area contributed by atoms with Gasteiger partial charge in [0.1, 0.15) is 6.04 Å². The summed E-state index contributed by atoms with van der Waals surface area (Å²) in [6, 6.07) is 31.1. The number of nitrogens with zero attached hydrogens (tertiary/aromatic N) is 6. The number of carbonyl (C=O) groups excluding carboxylic acids is 2. The van der Waals surface area contributed by atoms with Gasteiger partial charge in [0.2, 0.25) is 11.8 Å². The molecule has 1 unspecified atom stereocenters. The molecule has 2 amide bonds. The molecule has 0 saturated heterocycles.